The fourth-order valence-electron chi connectivity index (χ4n) is 3.37. The first-order valence-corrected chi connectivity index (χ1v) is 9.60. The molecule has 4 nitrogen and oxygen atoms in total. The highest BCUT2D eigenvalue weighted by atomic mass is 16.5. The Morgan fingerprint density at radius 2 is 1.74 bits per heavy atom. The predicted molar refractivity (Wildman–Crippen MR) is 93.1 cm³/mol. The number of unbranched alkanes of at least 4 members (excludes halogenated alkanes) is 3. The van der Waals surface area contributed by atoms with Gasteiger partial charge in [0.05, 0.1) is 6.61 Å². The standard InChI is InChI=1S/C19H35NO3/c1-3-5-9-16-11-13-17(14-12-16)19(22)20-15-8-6-7-10-18(21)23-4-2/h16-17H,3-15H2,1-2H3,(H,20,22). The van der Waals surface area contributed by atoms with E-state index in [1.54, 1.807) is 0 Å². The fraction of sp³-hybridized carbons (Fsp3) is 0.895. The second-order valence-electron chi connectivity index (χ2n) is 6.77. The molecule has 23 heavy (non-hydrogen) atoms. The lowest BCUT2D eigenvalue weighted by atomic mass is 9.79. The van der Waals surface area contributed by atoms with Gasteiger partial charge in [-0.05, 0) is 51.4 Å². The number of esters is 1. The molecule has 1 fully saturated rings. The summed E-state index contributed by atoms with van der Waals surface area (Å²) in [5.41, 5.74) is 0. The molecule has 0 aromatic rings. The van der Waals surface area contributed by atoms with Gasteiger partial charge in [-0.25, -0.2) is 0 Å². The molecule has 1 saturated carbocycles. The average Bonchev–Trinajstić information content (AvgIpc) is 2.56. The molecule has 1 aliphatic carbocycles. The van der Waals surface area contributed by atoms with E-state index in [2.05, 4.69) is 12.2 Å². The normalized spacial score (nSPS) is 21.0. The number of ether oxygens (including phenoxy) is 1. The van der Waals surface area contributed by atoms with Crippen molar-refractivity contribution in [1.82, 2.24) is 5.32 Å². The summed E-state index contributed by atoms with van der Waals surface area (Å²) in [6, 6.07) is 0. The van der Waals surface area contributed by atoms with Crippen molar-refractivity contribution in [3.63, 3.8) is 0 Å². The first-order valence-electron chi connectivity index (χ1n) is 9.60. The van der Waals surface area contributed by atoms with Crippen LogP contribution in [0.5, 0.6) is 0 Å². The highest BCUT2D eigenvalue weighted by molar-refractivity contribution is 5.78. The van der Waals surface area contributed by atoms with Crippen molar-refractivity contribution in [2.45, 2.75) is 84.5 Å². The number of carbonyl (C=O) groups is 2. The first kappa shape index (κ1) is 20.0. The van der Waals surface area contributed by atoms with Crippen molar-refractivity contribution in [3.05, 3.63) is 0 Å². The highest BCUT2D eigenvalue weighted by Crippen LogP contribution is 2.31. The smallest absolute Gasteiger partial charge is 0.305 e. The van der Waals surface area contributed by atoms with Crippen molar-refractivity contribution < 1.29 is 14.3 Å². The summed E-state index contributed by atoms with van der Waals surface area (Å²) in [5, 5.41) is 3.07. The molecule has 0 radical (unpaired) electrons. The van der Waals surface area contributed by atoms with Gasteiger partial charge >= 0.3 is 5.97 Å². The van der Waals surface area contributed by atoms with Gasteiger partial charge in [0.2, 0.25) is 5.91 Å². The number of hydrogen-bond acceptors (Lipinski definition) is 3. The van der Waals surface area contributed by atoms with Crippen molar-refractivity contribution in [2.75, 3.05) is 13.2 Å². The Bertz CT molecular complexity index is 336. The molecule has 0 unspecified atom stereocenters. The van der Waals surface area contributed by atoms with Crippen LogP contribution in [0.25, 0.3) is 0 Å². The van der Waals surface area contributed by atoms with Crippen LogP contribution in [-0.4, -0.2) is 25.0 Å². The van der Waals surface area contributed by atoms with Crippen LogP contribution in [0, 0.1) is 11.8 Å². The van der Waals surface area contributed by atoms with E-state index >= 15 is 0 Å². The van der Waals surface area contributed by atoms with E-state index in [4.69, 9.17) is 4.74 Å². The molecule has 0 aliphatic heterocycles. The van der Waals surface area contributed by atoms with Crippen LogP contribution in [0.15, 0.2) is 0 Å². The molecule has 0 aromatic carbocycles. The van der Waals surface area contributed by atoms with E-state index in [-0.39, 0.29) is 17.8 Å². The van der Waals surface area contributed by atoms with E-state index in [0.717, 1.165) is 44.6 Å². The molecule has 1 aliphatic rings. The Kier molecular flexibility index (Phi) is 10.8. The Balaban J connectivity index is 2.01. The van der Waals surface area contributed by atoms with Gasteiger partial charge in [-0.2, -0.15) is 0 Å². The van der Waals surface area contributed by atoms with Gasteiger partial charge in [-0.15, -0.1) is 0 Å². The van der Waals surface area contributed by atoms with E-state index in [0.29, 0.717) is 13.0 Å². The Morgan fingerprint density at radius 3 is 2.39 bits per heavy atom. The third-order valence-electron chi connectivity index (χ3n) is 4.85. The summed E-state index contributed by atoms with van der Waals surface area (Å²) in [4.78, 5) is 23.4. The van der Waals surface area contributed by atoms with Crippen LogP contribution in [0.4, 0.5) is 0 Å². The molecule has 1 amide bonds. The minimum Gasteiger partial charge on any atom is -0.466 e. The maximum atomic E-state index is 12.2. The lowest BCUT2D eigenvalue weighted by Gasteiger charge is -2.27. The van der Waals surface area contributed by atoms with Crippen molar-refractivity contribution >= 4 is 11.9 Å². The zero-order valence-corrected chi connectivity index (χ0v) is 15.1. The van der Waals surface area contributed by atoms with Gasteiger partial charge in [-0.1, -0.05) is 32.6 Å². The Morgan fingerprint density at radius 1 is 1.00 bits per heavy atom. The maximum absolute atomic E-state index is 12.2. The number of amides is 1. The molecular weight excluding hydrogens is 290 g/mol. The summed E-state index contributed by atoms with van der Waals surface area (Å²) < 4.78 is 4.89. The molecule has 134 valence electrons. The second kappa shape index (κ2) is 12.4. The SMILES string of the molecule is CCCCC1CCC(C(=O)NCCCCCC(=O)OCC)CC1. The zero-order chi connectivity index (χ0) is 16.9. The molecule has 1 N–H and O–H groups in total. The van der Waals surface area contributed by atoms with Crippen LogP contribution >= 0.6 is 0 Å². The van der Waals surface area contributed by atoms with Crippen molar-refractivity contribution in [2.24, 2.45) is 11.8 Å². The highest BCUT2D eigenvalue weighted by Gasteiger charge is 2.25. The van der Waals surface area contributed by atoms with Crippen LogP contribution in [0.2, 0.25) is 0 Å². The van der Waals surface area contributed by atoms with Gasteiger partial charge in [0.1, 0.15) is 0 Å². The zero-order valence-electron chi connectivity index (χ0n) is 15.1. The quantitative estimate of drug-likeness (QED) is 0.457. The predicted octanol–water partition coefficient (Wildman–Crippen LogP) is 4.22. The van der Waals surface area contributed by atoms with Crippen LogP contribution in [0.1, 0.15) is 84.5 Å². The molecule has 4 heteroatoms. The molecule has 0 spiro atoms. The second-order valence-corrected chi connectivity index (χ2v) is 6.77. The summed E-state index contributed by atoms with van der Waals surface area (Å²) in [7, 11) is 0. The lowest BCUT2D eigenvalue weighted by molar-refractivity contribution is -0.143. The van der Waals surface area contributed by atoms with Crippen LogP contribution in [0.3, 0.4) is 0 Å². The number of rotatable bonds is 11. The molecular formula is C19H35NO3. The summed E-state index contributed by atoms with van der Waals surface area (Å²) >= 11 is 0. The molecule has 0 atom stereocenters. The Labute approximate surface area is 141 Å². The third kappa shape index (κ3) is 8.97. The monoisotopic (exact) mass is 325 g/mol. The van der Waals surface area contributed by atoms with Crippen LogP contribution in [-0.2, 0) is 14.3 Å². The summed E-state index contributed by atoms with van der Waals surface area (Å²) in [6.45, 7) is 5.25. The summed E-state index contributed by atoms with van der Waals surface area (Å²) in [5.74, 6) is 1.20. The minimum atomic E-state index is -0.114. The molecule has 1 rings (SSSR count). The van der Waals surface area contributed by atoms with E-state index in [1.807, 2.05) is 6.92 Å². The first-order chi connectivity index (χ1) is 11.2. The number of nitrogens with one attached hydrogen (secondary N) is 1. The molecule has 0 aromatic heterocycles. The van der Waals surface area contributed by atoms with Crippen molar-refractivity contribution in [1.29, 1.82) is 0 Å². The van der Waals surface area contributed by atoms with Crippen LogP contribution < -0.4 is 5.32 Å². The molecule has 0 saturated heterocycles. The minimum absolute atomic E-state index is 0.114. The third-order valence-corrected chi connectivity index (χ3v) is 4.85. The van der Waals surface area contributed by atoms with Gasteiger partial charge in [0.15, 0.2) is 0 Å². The van der Waals surface area contributed by atoms with Gasteiger partial charge in [-0.3, -0.25) is 9.59 Å². The number of hydrogen-bond donors (Lipinski definition) is 1. The number of carbonyl (C=O) groups excluding carboxylic acids is 2. The molecule has 0 bridgehead atoms. The maximum Gasteiger partial charge on any atom is 0.305 e. The lowest BCUT2D eigenvalue weighted by Crippen LogP contribution is -2.33. The van der Waals surface area contributed by atoms with E-state index in [9.17, 15) is 9.59 Å². The largest absolute Gasteiger partial charge is 0.466 e. The van der Waals surface area contributed by atoms with Gasteiger partial charge in [0.25, 0.3) is 0 Å². The summed E-state index contributed by atoms with van der Waals surface area (Å²) in [6.07, 6.45) is 11.7. The van der Waals surface area contributed by atoms with E-state index in [1.165, 1.54) is 32.1 Å². The van der Waals surface area contributed by atoms with Crippen molar-refractivity contribution in [3.8, 4) is 0 Å². The fourth-order valence-corrected chi connectivity index (χ4v) is 3.37. The Hall–Kier alpha value is -1.06. The van der Waals surface area contributed by atoms with Gasteiger partial charge < -0.3 is 10.1 Å². The molecule has 0 heterocycles. The topological polar surface area (TPSA) is 55.4 Å². The average molecular weight is 325 g/mol. The van der Waals surface area contributed by atoms with Gasteiger partial charge in [0, 0.05) is 18.9 Å². The van der Waals surface area contributed by atoms with E-state index < -0.39 is 0 Å².